The smallest absolute Gasteiger partial charge is 0.338 e. The first-order chi connectivity index (χ1) is 23.2. The molecule has 3 aromatic rings. The SMILES string of the molecule is CCN=c1cc2oc3cc(NCC)c(C)cc3c(-c3ccccc3C(=O)OCCCNC(=O)c3ccc(NC(=O)CBr)cc3)c-2cc1C. The van der Waals surface area contributed by atoms with Crippen molar-refractivity contribution in [2.24, 2.45) is 4.99 Å². The minimum Gasteiger partial charge on any atom is -0.462 e. The maximum Gasteiger partial charge on any atom is 0.338 e. The van der Waals surface area contributed by atoms with Gasteiger partial charge in [0.05, 0.1) is 22.9 Å². The van der Waals surface area contributed by atoms with Gasteiger partial charge >= 0.3 is 5.97 Å². The minimum atomic E-state index is -0.449. The van der Waals surface area contributed by atoms with Crippen LogP contribution in [0.3, 0.4) is 0 Å². The number of ether oxygens (including phenoxy) is 1. The van der Waals surface area contributed by atoms with Crippen molar-refractivity contribution in [1.29, 1.82) is 0 Å². The van der Waals surface area contributed by atoms with Crippen LogP contribution in [0, 0.1) is 13.8 Å². The van der Waals surface area contributed by atoms with Crippen LogP contribution in [0.1, 0.15) is 52.1 Å². The van der Waals surface area contributed by atoms with Crippen LogP contribution in [-0.2, 0) is 9.53 Å². The molecule has 0 unspecified atom stereocenters. The lowest BCUT2D eigenvalue weighted by molar-refractivity contribution is -0.113. The summed E-state index contributed by atoms with van der Waals surface area (Å²) >= 11 is 3.11. The van der Waals surface area contributed by atoms with Gasteiger partial charge in [0.15, 0.2) is 0 Å². The fourth-order valence-corrected chi connectivity index (χ4v) is 5.74. The summed E-state index contributed by atoms with van der Waals surface area (Å²) in [6.45, 7) is 10.0. The Hall–Kier alpha value is -4.96. The summed E-state index contributed by atoms with van der Waals surface area (Å²) in [5.41, 5.74) is 7.79. The molecule has 0 atom stereocenters. The van der Waals surface area contributed by atoms with E-state index in [-0.39, 0.29) is 23.8 Å². The average molecular weight is 712 g/mol. The lowest BCUT2D eigenvalue weighted by atomic mass is 9.89. The van der Waals surface area contributed by atoms with E-state index < -0.39 is 5.97 Å². The summed E-state index contributed by atoms with van der Waals surface area (Å²) in [7, 11) is 0. The second-order valence-corrected chi connectivity index (χ2v) is 11.9. The molecule has 1 aliphatic heterocycles. The molecule has 0 saturated carbocycles. The van der Waals surface area contributed by atoms with Crippen molar-refractivity contribution in [1.82, 2.24) is 5.32 Å². The molecule has 0 radical (unpaired) electrons. The number of nitrogens with one attached hydrogen (secondary N) is 3. The van der Waals surface area contributed by atoms with Gasteiger partial charge in [0.1, 0.15) is 11.3 Å². The van der Waals surface area contributed by atoms with Crippen molar-refractivity contribution in [3.63, 3.8) is 0 Å². The van der Waals surface area contributed by atoms with E-state index in [2.05, 4.69) is 62.9 Å². The number of hydrogen-bond acceptors (Lipinski definition) is 7. The fourth-order valence-electron chi connectivity index (χ4n) is 5.60. The lowest BCUT2D eigenvalue weighted by Gasteiger charge is -2.20. The molecule has 0 saturated heterocycles. The van der Waals surface area contributed by atoms with E-state index in [1.165, 1.54) is 0 Å². The lowest BCUT2D eigenvalue weighted by Crippen LogP contribution is -2.25. The van der Waals surface area contributed by atoms with Gasteiger partial charge in [-0.2, -0.15) is 0 Å². The first kappa shape index (κ1) is 34.4. The van der Waals surface area contributed by atoms with Crippen molar-refractivity contribution in [2.75, 3.05) is 42.2 Å². The van der Waals surface area contributed by atoms with Crippen LogP contribution in [0.4, 0.5) is 11.4 Å². The molecule has 1 heterocycles. The number of carbonyl (C=O) groups excluding carboxylic acids is 3. The van der Waals surface area contributed by atoms with Crippen LogP contribution in [0.5, 0.6) is 0 Å². The number of alkyl halides is 1. The standard InChI is InChI=1S/C38H39BrN4O5/c1-5-40-31-20-33-29(18-23(31)3)36(30-19-24(4)32(41-6-2)21-34(30)48-33)27-10-7-8-11-28(27)38(46)47-17-9-16-42-37(45)25-12-14-26(15-13-25)43-35(44)22-39/h7-8,10-15,18-21,40H,5-6,9,16-17,22H2,1-4H3,(H,42,45)(H,43,44). The molecule has 5 rings (SSSR count). The van der Waals surface area contributed by atoms with Gasteiger partial charge in [-0.15, -0.1) is 0 Å². The van der Waals surface area contributed by atoms with Crippen LogP contribution in [0.15, 0.2) is 82.2 Å². The van der Waals surface area contributed by atoms with E-state index in [0.29, 0.717) is 47.7 Å². The maximum atomic E-state index is 13.6. The zero-order valence-corrected chi connectivity index (χ0v) is 29.1. The van der Waals surface area contributed by atoms with Crippen LogP contribution in [0.25, 0.3) is 33.4 Å². The van der Waals surface area contributed by atoms with Gasteiger partial charge in [0.2, 0.25) is 5.91 Å². The molecule has 10 heteroatoms. The molecule has 0 spiro atoms. The van der Waals surface area contributed by atoms with E-state index >= 15 is 0 Å². The van der Waals surface area contributed by atoms with Gasteiger partial charge in [-0.3, -0.25) is 14.6 Å². The Morgan fingerprint density at radius 3 is 2.42 bits per heavy atom. The number of halogens is 1. The third kappa shape index (κ3) is 7.77. The van der Waals surface area contributed by atoms with E-state index in [4.69, 9.17) is 9.15 Å². The van der Waals surface area contributed by atoms with Crippen LogP contribution < -0.4 is 21.3 Å². The Morgan fingerprint density at radius 1 is 0.917 bits per heavy atom. The van der Waals surface area contributed by atoms with E-state index in [1.807, 2.05) is 44.2 Å². The number of hydrogen-bond donors (Lipinski definition) is 3. The molecule has 48 heavy (non-hydrogen) atoms. The third-order valence-electron chi connectivity index (χ3n) is 7.89. The molecular formula is C38H39BrN4O5. The van der Waals surface area contributed by atoms with Crippen molar-refractivity contribution in [2.45, 2.75) is 34.1 Å². The molecule has 2 aliphatic rings. The number of amides is 2. The number of carbonyl (C=O) groups is 3. The normalized spacial score (nSPS) is 11.5. The molecule has 3 aromatic carbocycles. The molecule has 0 bridgehead atoms. The van der Waals surface area contributed by atoms with Gasteiger partial charge in [0.25, 0.3) is 5.91 Å². The largest absolute Gasteiger partial charge is 0.462 e. The summed E-state index contributed by atoms with van der Waals surface area (Å²) in [4.78, 5) is 42.4. The van der Waals surface area contributed by atoms with Gasteiger partial charge < -0.3 is 25.1 Å². The van der Waals surface area contributed by atoms with Gasteiger partial charge in [-0.25, -0.2) is 4.79 Å². The Kier molecular flexibility index (Phi) is 11.3. The topological polar surface area (TPSA) is 122 Å². The maximum absolute atomic E-state index is 13.6. The number of rotatable bonds is 12. The predicted molar refractivity (Wildman–Crippen MR) is 194 cm³/mol. The summed E-state index contributed by atoms with van der Waals surface area (Å²) in [5, 5.41) is 10.9. The molecule has 0 fully saturated rings. The van der Waals surface area contributed by atoms with Crippen molar-refractivity contribution in [3.8, 4) is 22.5 Å². The van der Waals surface area contributed by atoms with Crippen LogP contribution in [-0.4, -0.2) is 49.4 Å². The quantitative estimate of drug-likeness (QED) is 0.0534. The van der Waals surface area contributed by atoms with Crippen molar-refractivity contribution in [3.05, 3.63) is 100 Å². The molecule has 0 aromatic heterocycles. The second kappa shape index (κ2) is 15.8. The summed E-state index contributed by atoms with van der Waals surface area (Å²) in [6, 6.07) is 22.2. The van der Waals surface area contributed by atoms with Crippen molar-refractivity contribution < 1.29 is 23.5 Å². The molecule has 3 N–H and O–H groups in total. The molecule has 2 amide bonds. The van der Waals surface area contributed by atoms with Crippen LogP contribution in [0.2, 0.25) is 0 Å². The highest BCUT2D eigenvalue weighted by Gasteiger charge is 2.23. The monoisotopic (exact) mass is 710 g/mol. The number of esters is 1. The van der Waals surface area contributed by atoms with E-state index in [9.17, 15) is 14.4 Å². The highest BCUT2D eigenvalue weighted by molar-refractivity contribution is 9.09. The Balaban J connectivity index is 1.37. The highest BCUT2D eigenvalue weighted by Crippen LogP contribution is 2.43. The Labute approximate surface area is 288 Å². The van der Waals surface area contributed by atoms with E-state index in [1.54, 1.807) is 30.3 Å². The summed E-state index contributed by atoms with van der Waals surface area (Å²) < 4.78 is 12.2. The number of benzene rings is 4. The minimum absolute atomic E-state index is 0.128. The van der Waals surface area contributed by atoms with Gasteiger partial charge in [-0.1, -0.05) is 34.1 Å². The van der Waals surface area contributed by atoms with Crippen LogP contribution >= 0.6 is 15.9 Å². The number of aryl methyl sites for hydroxylation is 2. The first-order valence-electron chi connectivity index (χ1n) is 16.0. The van der Waals surface area contributed by atoms with Gasteiger partial charge in [0, 0.05) is 65.2 Å². The summed E-state index contributed by atoms with van der Waals surface area (Å²) in [6.07, 6.45) is 0.435. The predicted octanol–water partition coefficient (Wildman–Crippen LogP) is 7.48. The zero-order valence-electron chi connectivity index (χ0n) is 27.5. The van der Waals surface area contributed by atoms with E-state index in [0.717, 1.165) is 50.8 Å². The molecule has 248 valence electrons. The first-order valence-corrected chi connectivity index (χ1v) is 17.1. The molecule has 1 aliphatic carbocycles. The fraction of sp³-hybridized carbons (Fsp3) is 0.263. The number of nitrogens with zero attached hydrogens (tertiary/aromatic N) is 1. The molecular weight excluding hydrogens is 672 g/mol. The number of anilines is 2. The highest BCUT2D eigenvalue weighted by atomic mass is 79.9. The zero-order chi connectivity index (χ0) is 34.2. The molecule has 9 nitrogen and oxygen atoms in total. The van der Waals surface area contributed by atoms with Gasteiger partial charge in [-0.05, 0) is 93.3 Å². The third-order valence-corrected chi connectivity index (χ3v) is 8.40. The number of fused-ring (bicyclic) bond motifs is 2. The summed E-state index contributed by atoms with van der Waals surface area (Å²) in [5.74, 6) is -0.197. The second-order valence-electron chi connectivity index (χ2n) is 11.3. The average Bonchev–Trinajstić information content (AvgIpc) is 3.08. The Bertz CT molecular complexity index is 2000. The van der Waals surface area contributed by atoms with Crippen molar-refractivity contribution >= 4 is 56.1 Å². The Morgan fingerprint density at radius 2 is 1.69 bits per heavy atom.